The number of oxime groups is 1. The molecule has 3 N–H and O–H groups in total. The summed E-state index contributed by atoms with van der Waals surface area (Å²) in [5.74, 6) is 0.0837. The van der Waals surface area contributed by atoms with Crippen molar-refractivity contribution in [3.05, 3.63) is 28.8 Å². The molecule has 0 aromatic heterocycles. The Labute approximate surface area is 111 Å². The highest BCUT2D eigenvalue weighted by molar-refractivity contribution is 6.31. The summed E-state index contributed by atoms with van der Waals surface area (Å²) in [5, 5.41) is 12.5. The van der Waals surface area contributed by atoms with E-state index in [9.17, 15) is 0 Å². The van der Waals surface area contributed by atoms with Crippen LogP contribution in [0.3, 0.4) is 0 Å². The Kier molecular flexibility index (Phi) is 3.93. The van der Waals surface area contributed by atoms with E-state index in [0.29, 0.717) is 23.8 Å². The summed E-state index contributed by atoms with van der Waals surface area (Å²) in [5.41, 5.74) is 7.24. The molecule has 1 atom stereocenters. The fourth-order valence-electron chi connectivity index (χ4n) is 2.10. The molecule has 1 aromatic rings. The molecule has 6 heteroatoms. The fraction of sp³-hybridized carbons (Fsp3) is 0.417. The number of halogens is 1. The maximum Gasteiger partial charge on any atom is 0.172 e. The van der Waals surface area contributed by atoms with E-state index < -0.39 is 0 Å². The number of ether oxygens (including phenoxy) is 1. The van der Waals surface area contributed by atoms with Gasteiger partial charge in [-0.25, -0.2) is 0 Å². The smallest absolute Gasteiger partial charge is 0.172 e. The number of hydrogen-bond acceptors (Lipinski definition) is 4. The lowest BCUT2D eigenvalue weighted by molar-refractivity contribution is 0.0989. The van der Waals surface area contributed by atoms with Crippen LogP contribution in [0.25, 0.3) is 0 Å². The Balaban J connectivity index is 2.44. The maximum absolute atomic E-state index is 8.83. The van der Waals surface area contributed by atoms with E-state index in [-0.39, 0.29) is 11.9 Å². The second kappa shape index (κ2) is 5.46. The van der Waals surface area contributed by atoms with Crippen LogP contribution in [0.1, 0.15) is 12.5 Å². The van der Waals surface area contributed by atoms with Crippen molar-refractivity contribution in [2.45, 2.75) is 13.0 Å². The first-order valence-electron chi connectivity index (χ1n) is 5.75. The monoisotopic (exact) mass is 269 g/mol. The van der Waals surface area contributed by atoms with E-state index in [1.807, 2.05) is 6.07 Å². The van der Waals surface area contributed by atoms with Crippen LogP contribution in [-0.2, 0) is 4.74 Å². The summed E-state index contributed by atoms with van der Waals surface area (Å²) in [6.07, 6.45) is 0. The van der Waals surface area contributed by atoms with Crippen LogP contribution in [0, 0.1) is 0 Å². The van der Waals surface area contributed by atoms with E-state index in [1.54, 1.807) is 12.1 Å². The minimum atomic E-state index is 0.0837. The molecule has 98 valence electrons. The molecule has 1 unspecified atom stereocenters. The van der Waals surface area contributed by atoms with Gasteiger partial charge in [0.25, 0.3) is 0 Å². The molecule has 18 heavy (non-hydrogen) atoms. The fourth-order valence-corrected chi connectivity index (χ4v) is 2.26. The van der Waals surface area contributed by atoms with Crippen LogP contribution < -0.4 is 10.6 Å². The lowest BCUT2D eigenvalue weighted by atomic mass is 10.1. The summed E-state index contributed by atoms with van der Waals surface area (Å²) in [6, 6.07) is 5.54. The van der Waals surface area contributed by atoms with Gasteiger partial charge in [0, 0.05) is 28.9 Å². The van der Waals surface area contributed by atoms with E-state index in [1.165, 1.54) is 0 Å². The molecule has 0 spiro atoms. The molecule has 1 aromatic carbocycles. The van der Waals surface area contributed by atoms with Gasteiger partial charge in [0.05, 0.1) is 13.2 Å². The van der Waals surface area contributed by atoms with Crippen molar-refractivity contribution >= 4 is 23.1 Å². The van der Waals surface area contributed by atoms with Crippen molar-refractivity contribution in [3.63, 3.8) is 0 Å². The first-order chi connectivity index (χ1) is 8.63. The molecule has 1 heterocycles. The molecular formula is C12H16ClN3O2. The molecule has 0 amide bonds. The normalized spacial score (nSPS) is 21.1. The van der Waals surface area contributed by atoms with Crippen molar-refractivity contribution in [2.24, 2.45) is 10.9 Å². The third-order valence-corrected chi connectivity index (χ3v) is 3.26. The molecule has 1 aliphatic rings. The van der Waals surface area contributed by atoms with E-state index in [4.69, 9.17) is 27.3 Å². The molecule has 1 fully saturated rings. The Hall–Kier alpha value is -1.46. The third kappa shape index (κ3) is 2.52. The van der Waals surface area contributed by atoms with Gasteiger partial charge in [-0.2, -0.15) is 0 Å². The SMILES string of the molecule is CC1COCCN1c1cc(Cl)ccc1/C(N)=N/O. The first kappa shape index (κ1) is 13.0. The summed E-state index contributed by atoms with van der Waals surface area (Å²) in [7, 11) is 0. The standard InChI is InChI=1S/C12H16ClN3O2/c1-8-7-18-5-4-16(8)11-6-9(13)2-3-10(11)12(14)15-17/h2-3,6,8,17H,4-5,7H2,1H3,(H2,14,15). The van der Waals surface area contributed by atoms with Crippen molar-refractivity contribution in [2.75, 3.05) is 24.7 Å². The summed E-state index contributed by atoms with van der Waals surface area (Å²) in [6.45, 7) is 4.14. The number of nitrogens with two attached hydrogens (primary N) is 1. The number of nitrogens with zero attached hydrogens (tertiary/aromatic N) is 2. The Morgan fingerprint density at radius 3 is 3.06 bits per heavy atom. The van der Waals surface area contributed by atoms with Crippen molar-refractivity contribution in [1.82, 2.24) is 0 Å². The quantitative estimate of drug-likeness (QED) is 0.371. The predicted octanol–water partition coefficient (Wildman–Crippen LogP) is 1.66. The van der Waals surface area contributed by atoms with Crippen LogP contribution in [0.4, 0.5) is 5.69 Å². The summed E-state index contributed by atoms with van der Waals surface area (Å²) < 4.78 is 5.40. The lowest BCUT2D eigenvalue weighted by Crippen LogP contribution is -2.44. The number of benzene rings is 1. The zero-order chi connectivity index (χ0) is 13.1. The second-order valence-electron chi connectivity index (χ2n) is 4.26. The van der Waals surface area contributed by atoms with Crippen LogP contribution in [0.5, 0.6) is 0 Å². The van der Waals surface area contributed by atoms with Crippen LogP contribution in [0.15, 0.2) is 23.4 Å². The van der Waals surface area contributed by atoms with Crippen LogP contribution in [-0.4, -0.2) is 36.8 Å². The zero-order valence-electron chi connectivity index (χ0n) is 10.1. The van der Waals surface area contributed by atoms with Crippen molar-refractivity contribution < 1.29 is 9.94 Å². The lowest BCUT2D eigenvalue weighted by Gasteiger charge is -2.36. The average Bonchev–Trinajstić information content (AvgIpc) is 2.38. The molecule has 0 aliphatic carbocycles. The topological polar surface area (TPSA) is 71.1 Å². The van der Waals surface area contributed by atoms with Crippen LogP contribution >= 0.6 is 11.6 Å². The van der Waals surface area contributed by atoms with E-state index in [0.717, 1.165) is 12.2 Å². The number of morpholine rings is 1. The molecule has 2 rings (SSSR count). The molecular weight excluding hydrogens is 254 g/mol. The Bertz CT molecular complexity index is 465. The highest BCUT2D eigenvalue weighted by Crippen LogP contribution is 2.27. The highest BCUT2D eigenvalue weighted by Gasteiger charge is 2.22. The van der Waals surface area contributed by atoms with Gasteiger partial charge in [0.1, 0.15) is 0 Å². The van der Waals surface area contributed by atoms with Gasteiger partial charge < -0.3 is 20.6 Å². The number of anilines is 1. The van der Waals surface area contributed by atoms with Crippen molar-refractivity contribution in [3.8, 4) is 0 Å². The third-order valence-electron chi connectivity index (χ3n) is 3.02. The van der Waals surface area contributed by atoms with E-state index in [2.05, 4.69) is 17.0 Å². The van der Waals surface area contributed by atoms with Gasteiger partial charge in [-0.3, -0.25) is 0 Å². The highest BCUT2D eigenvalue weighted by atomic mass is 35.5. The van der Waals surface area contributed by atoms with Crippen molar-refractivity contribution in [1.29, 1.82) is 0 Å². The molecule has 0 saturated carbocycles. The largest absolute Gasteiger partial charge is 0.409 e. The molecule has 1 aliphatic heterocycles. The molecule has 1 saturated heterocycles. The van der Waals surface area contributed by atoms with Gasteiger partial charge >= 0.3 is 0 Å². The molecule has 5 nitrogen and oxygen atoms in total. The zero-order valence-corrected chi connectivity index (χ0v) is 10.9. The summed E-state index contributed by atoms with van der Waals surface area (Å²) in [4.78, 5) is 2.16. The second-order valence-corrected chi connectivity index (χ2v) is 4.70. The number of amidine groups is 1. The minimum Gasteiger partial charge on any atom is -0.409 e. The molecule has 0 radical (unpaired) electrons. The number of hydrogen-bond donors (Lipinski definition) is 2. The minimum absolute atomic E-state index is 0.0837. The van der Waals surface area contributed by atoms with Gasteiger partial charge in [0.15, 0.2) is 5.84 Å². The average molecular weight is 270 g/mol. The first-order valence-corrected chi connectivity index (χ1v) is 6.13. The number of rotatable bonds is 2. The maximum atomic E-state index is 8.83. The van der Waals surface area contributed by atoms with Gasteiger partial charge in [-0.05, 0) is 25.1 Å². The predicted molar refractivity (Wildman–Crippen MR) is 71.6 cm³/mol. The van der Waals surface area contributed by atoms with Gasteiger partial charge in [-0.15, -0.1) is 0 Å². The summed E-state index contributed by atoms with van der Waals surface area (Å²) >= 11 is 6.03. The Morgan fingerprint density at radius 2 is 2.39 bits per heavy atom. The van der Waals surface area contributed by atoms with Gasteiger partial charge in [0.2, 0.25) is 0 Å². The van der Waals surface area contributed by atoms with Gasteiger partial charge in [-0.1, -0.05) is 16.8 Å². The van der Waals surface area contributed by atoms with Crippen LogP contribution in [0.2, 0.25) is 5.02 Å². The van der Waals surface area contributed by atoms with E-state index >= 15 is 0 Å². The molecule has 0 bridgehead atoms. The Morgan fingerprint density at radius 1 is 1.61 bits per heavy atom.